The summed E-state index contributed by atoms with van der Waals surface area (Å²) in [5.41, 5.74) is 2.21. The summed E-state index contributed by atoms with van der Waals surface area (Å²) in [6.45, 7) is 9.06. The zero-order valence-electron chi connectivity index (χ0n) is 9.00. The van der Waals surface area contributed by atoms with E-state index < -0.39 is 0 Å². The Balaban J connectivity index is 4.42. The number of hydrazine groups is 1. The Morgan fingerprint density at radius 2 is 2.00 bits per heavy atom. The molecule has 0 fully saturated rings. The van der Waals surface area contributed by atoms with Crippen molar-refractivity contribution in [2.75, 3.05) is 6.54 Å². The number of likely N-dealkylation sites (N-methyl/N-ethyl adjacent to an activating group) is 1. The Morgan fingerprint density at radius 3 is 2.23 bits per heavy atom. The molecule has 0 aromatic rings. The molecule has 1 unspecified atom stereocenters. The third-order valence-electron chi connectivity index (χ3n) is 2.26. The largest absolute Gasteiger partial charge is 0.293 e. The Kier molecular flexibility index (Phi) is 5.66. The molecule has 0 radical (unpaired) electrons. The standard InChI is InChI=1S/C9H21N3O/c1-5-8(9(13)11-10)12(6-2)7(3)4/h7-8H,5-6,10H2,1-4H3,(H,11,13). The van der Waals surface area contributed by atoms with Crippen LogP contribution < -0.4 is 11.3 Å². The van der Waals surface area contributed by atoms with Crippen molar-refractivity contribution in [2.45, 2.75) is 46.2 Å². The van der Waals surface area contributed by atoms with Crippen LogP contribution in [0.4, 0.5) is 0 Å². The minimum Gasteiger partial charge on any atom is -0.293 e. The second kappa shape index (κ2) is 5.94. The Labute approximate surface area is 80.4 Å². The molecule has 0 bridgehead atoms. The van der Waals surface area contributed by atoms with Gasteiger partial charge in [-0.05, 0) is 26.8 Å². The molecule has 78 valence electrons. The van der Waals surface area contributed by atoms with Gasteiger partial charge in [0, 0.05) is 6.04 Å². The molecular formula is C9H21N3O. The zero-order valence-corrected chi connectivity index (χ0v) is 9.00. The summed E-state index contributed by atoms with van der Waals surface area (Å²) in [5.74, 6) is 5.02. The van der Waals surface area contributed by atoms with Crippen LogP contribution in [0.2, 0.25) is 0 Å². The number of carbonyl (C=O) groups is 1. The Hall–Kier alpha value is -0.610. The fraction of sp³-hybridized carbons (Fsp3) is 0.889. The van der Waals surface area contributed by atoms with E-state index >= 15 is 0 Å². The molecule has 0 aliphatic heterocycles. The van der Waals surface area contributed by atoms with Crippen molar-refractivity contribution < 1.29 is 4.79 Å². The molecule has 0 saturated heterocycles. The number of nitrogens with one attached hydrogen (secondary N) is 1. The average Bonchev–Trinajstić information content (AvgIpc) is 2.12. The smallest absolute Gasteiger partial charge is 0.251 e. The average molecular weight is 187 g/mol. The summed E-state index contributed by atoms with van der Waals surface area (Å²) < 4.78 is 0. The highest BCUT2D eigenvalue weighted by Crippen LogP contribution is 2.08. The molecule has 1 atom stereocenters. The third kappa shape index (κ3) is 3.32. The molecule has 3 N–H and O–H groups in total. The first-order valence-electron chi connectivity index (χ1n) is 4.84. The van der Waals surface area contributed by atoms with E-state index in [9.17, 15) is 4.79 Å². The van der Waals surface area contributed by atoms with Crippen molar-refractivity contribution in [2.24, 2.45) is 5.84 Å². The molecule has 0 aliphatic rings. The summed E-state index contributed by atoms with van der Waals surface area (Å²) in [6.07, 6.45) is 0.787. The van der Waals surface area contributed by atoms with Crippen LogP contribution in [0.5, 0.6) is 0 Å². The molecule has 13 heavy (non-hydrogen) atoms. The number of nitrogens with zero attached hydrogens (tertiary/aromatic N) is 1. The van der Waals surface area contributed by atoms with Crippen LogP contribution in [-0.4, -0.2) is 29.4 Å². The van der Waals surface area contributed by atoms with Gasteiger partial charge in [-0.15, -0.1) is 0 Å². The Bertz CT molecular complexity index is 159. The summed E-state index contributed by atoms with van der Waals surface area (Å²) in [5, 5.41) is 0. The van der Waals surface area contributed by atoms with Crippen molar-refractivity contribution in [3.05, 3.63) is 0 Å². The lowest BCUT2D eigenvalue weighted by atomic mass is 10.1. The van der Waals surface area contributed by atoms with E-state index in [1.807, 2.05) is 13.8 Å². The lowest BCUT2D eigenvalue weighted by Crippen LogP contribution is -2.51. The van der Waals surface area contributed by atoms with Gasteiger partial charge in [-0.25, -0.2) is 5.84 Å². The van der Waals surface area contributed by atoms with Gasteiger partial charge in [0.05, 0.1) is 6.04 Å². The van der Waals surface area contributed by atoms with Crippen LogP contribution in [0.25, 0.3) is 0 Å². The number of carbonyl (C=O) groups excluding carboxylic acids is 1. The molecule has 0 heterocycles. The van der Waals surface area contributed by atoms with Gasteiger partial charge in [0.15, 0.2) is 0 Å². The maximum Gasteiger partial charge on any atom is 0.251 e. The maximum atomic E-state index is 11.4. The number of hydrogen-bond acceptors (Lipinski definition) is 3. The van der Waals surface area contributed by atoms with Gasteiger partial charge < -0.3 is 0 Å². The summed E-state index contributed by atoms with van der Waals surface area (Å²) >= 11 is 0. The van der Waals surface area contributed by atoms with Crippen molar-refractivity contribution >= 4 is 5.91 Å². The van der Waals surface area contributed by atoms with E-state index in [0.29, 0.717) is 6.04 Å². The van der Waals surface area contributed by atoms with Gasteiger partial charge in [0.2, 0.25) is 0 Å². The van der Waals surface area contributed by atoms with Crippen molar-refractivity contribution in [1.82, 2.24) is 10.3 Å². The van der Waals surface area contributed by atoms with Crippen LogP contribution in [0.1, 0.15) is 34.1 Å². The first-order valence-corrected chi connectivity index (χ1v) is 4.84. The quantitative estimate of drug-likeness (QED) is 0.374. The number of nitrogens with two attached hydrogens (primary N) is 1. The number of hydrogen-bond donors (Lipinski definition) is 2. The highest BCUT2D eigenvalue weighted by molar-refractivity contribution is 5.81. The normalized spacial score (nSPS) is 13.5. The van der Waals surface area contributed by atoms with Gasteiger partial charge in [0.1, 0.15) is 0 Å². The fourth-order valence-electron chi connectivity index (χ4n) is 1.61. The summed E-state index contributed by atoms with van der Waals surface area (Å²) in [4.78, 5) is 13.5. The number of rotatable bonds is 5. The first kappa shape index (κ1) is 12.4. The molecule has 0 spiro atoms. The summed E-state index contributed by atoms with van der Waals surface area (Å²) in [7, 11) is 0. The predicted molar refractivity (Wildman–Crippen MR) is 53.9 cm³/mol. The Morgan fingerprint density at radius 1 is 1.46 bits per heavy atom. The minimum absolute atomic E-state index is 0.0990. The molecule has 4 nitrogen and oxygen atoms in total. The molecule has 1 amide bonds. The van der Waals surface area contributed by atoms with Crippen LogP contribution in [0.15, 0.2) is 0 Å². The van der Waals surface area contributed by atoms with Crippen LogP contribution in [0, 0.1) is 0 Å². The minimum atomic E-state index is -0.102. The van der Waals surface area contributed by atoms with Gasteiger partial charge >= 0.3 is 0 Å². The van der Waals surface area contributed by atoms with Crippen molar-refractivity contribution in [1.29, 1.82) is 0 Å². The third-order valence-corrected chi connectivity index (χ3v) is 2.26. The molecule has 0 saturated carbocycles. The molecule has 0 rings (SSSR count). The second-order valence-electron chi connectivity index (χ2n) is 3.36. The van der Waals surface area contributed by atoms with Crippen LogP contribution in [-0.2, 0) is 4.79 Å². The summed E-state index contributed by atoms with van der Waals surface area (Å²) in [6, 6.07) is 0.266. The van der Waals surface area contributed by atoms with E-state index in [-0.39, 0.29) is 11.9 Å². The van der Waals surface area contributed by atoms with E-state index in [0.717, 1.165) is 13.0 Å². The number of amides is 1. The van der Waals surface area contributed by atoms with E-state index in [2.05, 4.69) is 24.2 Å². The van der Waals surface area contributed by atoms with Crippen LogP contribution >= 0.6 is 0 Å². The van der Waals surface area contributed by atoms with E-state index in [1.54, 1.807) is 0 Å². The predicted octanol–water partition coefficient (Wildman–Crippen LogP) is 0.485. The van der Waals surface area contributed by atoms with Crippen molar-refractivity contribution in [3.63, 3.8) is 0 Å². The molecule has 0 aromatic carbocycles. The van der Waals surface area contributed by atoms with Gasteiger partial charge in [-0.1, -0.05) is 13.8 Å². The SMILES string of the molecule is CCC(C(=O)NN)N(CC)C(C)C. The van der Waals surface area contributed by atoms with Gasteiger partial charge in [0.25, 0.3) is 5.91 Å². The topological polar surface area (TPSA) is 58.4 Å². The first-order chi connectivity index (χ1) is 6.08. The van der Waals surface area contributed by atoms with Gasteiger partial charge in [-0.2, -0.15) is 0 Å². The lowest BCUT2D eigenvalue weighted by molar-refractivity contribution is -0.127. The van der Waals surface area contributed by atoms with E-state index in [4.69, 9.17) is 5.84 Å². The zero-order chi connectivity index (χ0) is 10.4. The fourth-order valence-corrected chi connectivity index (χ4v) is 1.61. The molecule has 0 aliphatic carbocycles. The van der Waals surface area contributed by atoms with E-state index in [1.165, 1.54) is 0 Å². The van der Waals surface area contributed by atoms with Crippen molar-refractivity contribution in [3.8, 4) is 0 Å². The molecule has 0 aromatic heterocycles. The second-order valence-corrected chi connectivity index (χ2v) is 3.36. The highest BCUT2D eigenvalue weighted by Gasteiger charge is 2.23. The highest BCUT2D eigenvalue weighted by atomic mass is 16.2. The lowest BCUT2D eigenvalue weighted by Gasteiger charge is -2.31. The molecular weight excluding hydrogens is 166 g/mol. The molecule has 4 heteroatoms. The van der Waals surface area contributed by atoms with Gasteiger partial charge in [-0.3, -0.25) is 15.1 Å². The van der Waals surface area contributed by atoms with Crippen LogP contribution in [0.3, 0.4) is 0 Å². The monoisotopic (exact) mass is 187 g/mol. The maximum absolute atomic E-state index is 11.4.